The van der Waals surface area contributed by atoms with Crippen LogP contribution in [-0.4, -0.2) is 25.4 Å². The van der Waals surface area contributed by atoms with E-state index in [2.05, 4.69) is 29.1 Å². The number of aromatic amines is 1. The molecule has 13 heteroatoms. The van der Waals surface area contributed by atoms with Crippen molar-refractivity contribution >= 4 is 46.5 Å². The second-order valence-corrected chi connectivity index (χ2v) is 13.5. The number of carbonyl (C=O) groups is 1. The number of aromatic nitrogens is 3. The molecule has 0 spiro atoms. The highest BCUT2D eigenvalue weighted by Crippen LogP contribution is 2.33. The molecule has 0 aliphatic carbocycles. The molecule has 242 valence electrons. The number of benzene rings is 3. The van der Waals surface area contributed by atoms with Gasteiger partial charge in [0.15, 0.2) is 9.96 Å². The summed E-state index contributed by atoms with van der Waals surface area (Å²) in [6.07, 6.45) is 1.58. The molecule has 6 rings (SSSR count). The van der Waals surface area contributed by atoms with E-state index in [0.29, 0.717) is 43.1 Å². The molecule has 0 saturated heterocycles. The summed E-state index contributed by atoms with van der Waals surface area (Å²) in [5.74, 6) is -0.0966. The number of aryl methyl sites for hydroxylation is 1. The normalized spacial score (nSPS) is 14.5. The monoisotopic (exact) mass is 678 g/mol. The molecule has 0 bridgehead atoms. The molecule has 5 aromatic rings. The van der Waals surface area contributed by atoms with Crippen LogP contribution in [0.1, 0.15) is 55.1 Å². The molecule has 3 aromatic carbocycles. The summed E-state index contributed by atoms with van der Waals surface area (Å²) in [4.78, 5) is 64.2. The zero-order chi connectivity index (χ0) is 34.1. The summed E-state index contributed by atoms with van der Waals surface area (Å²) in [6, 6.07) is 21.8. The van der Waals surface area contributed by atoms with Crippen molar-refractivity contribution in [2.45, 2.75) is 49.7 Å². The van der Waals surface area contributed by atoms with Gasteiger partial charge in [0.1, 0.15) is 0 Å². The third kappa shape index (κ3) is 6.68. The number of nitrogens with one attached hydrogen (secondary N) is 2. The van der Waals surface area contributed by atoms with E-state index in [0.717, 1.165) is 34.2 Å². The molecule has 0 unspecified atom stereocenters. The number of H-pyrrole nitrogens is 1. The first-order valence-electron chi connectivity index (χ1n) is 15.0. The third-order valence-electron chi connectivity index (χ3n) is 7.76. The maximum absolute atomic E-state index is 14.3. The molecule has 11 nitrogen and oxygen atoms in total. The molecule has 2 N–H and O–H groups in total. The molecule has 48 heavy (non-hydrogen) atoms. The first kappa shape index (κ1) is 32.5. The summed E-state index contributed by atoms with van der Waals surface area (Å²) in [7, 11) is 0. The standard InChI is InChI=1S/C35H30N6O5S2/c1-19(2)22-10-12-23(13-11-22)31-30(32(43)38-25-8-6-5-7-9-25)21(4)37-35-40(31)33(44)28(48-35)18-24-17-26(41(45)46)14-15-27(24)47-34-36-20(3)16-29(42)39-34/h5-19,31H,1-4H3,(H,38,43)(H,36,39,42)/b28-18+/t31-/m1/s1. The van der Waals surface area contributed by atoms with E-state index >= 15 is 0 Å². The molecular weight excluding hydrogens is 649 g/mol. The number of nitrogens with zero attached hydrogens (tertiary/aromatic N) is 4. The maximum atomic E-state index is 14.3. The molecule has 0 saturated carbocycles. The van der Waals surface area contributed by atoms with E-state index in [4.69, 9.17) is 4.99 Å². The van der Waals surface area contributed by atoms with Crippen molar-refractivity contribution in [1.82, 2.24) is 14.5 Å². The Kier molecular flexibility index (Phi) is 9.07. The number of non-ortho nitro benzene ring substituents is 1. The second-order valence-electron chi connectivity index (χ2n) is 11.5. The predicted molar refractivity (Wildman–Crippen MR) is 186 cm³/mol. The number of carbonyl (C=O) groups excluding carboxylic acids is 1. The summed E-state index contributed by atoms with van der Waals surface area (Å²) >= 11 is 2.25. The number of fused-ring (bicyclic) bond motifs is 1. The second kappa shape index (κ2) is 13.4. The first-order valence-corrected chi connectivity index (χ1v) is 16.6. The van der Waals surface area contributed by atoms with Gasteiger partial charge in [-0.25, -0.2) is 9.98 Å². The molecule has 1 aliphatic rings. The summed E-state index contributed by atoms with van der Waals surface area (Å²) in [6.45, 7) is 7.62. The summed E-state index contributed by atoms with van der Waals surface area (Å²) in [5.41, 5.74) is 3.26. The van der Waals surface area contributed by atoms with Crippen LogP contribution in [0.4, 0.5) is 11.4 Å². The number of rotatable bonds is 8. The van der Waals surface area contributed by atoms with Gasteiger partial charge in [-0.05, 0) is 60.7 Å². The quantitative estimate of drug-likeness (QED) is 0.126. The summed E-state index contributed by atoms with van der Waals surface area (Å²) < 4.78 is 1.78. The fourth-order valence-corrected chi connectivity index (χ4v) is 7.37. The molecular formula is C35H30N6O5S2. The molecule has 0 fully saturated rings. The van der Waals surface area contributed by atoms with Crippen molar-refractivity contribution < 1.29 is 9.72 Å². The van der Waals surface area contributed by atoms with Crippen LogP contribution < -0.4 is 25.8 Å². The van der Waals surface area contributed by atoms with Gasteiger partial charge in [0, 0.05) is 34.5 Å². The molecule has 2 aromatic heterocycles. The van der Waals surface area contributed by atoms with Crippen molar-refractivity contribution in [2.75, 3.05) is 5.32 Å². The number of nitro groups is 1. The minimum Gasteiger partial charge on any atom is -0.322 e. The van der Waals surface area contributed by atoms with Crippen LogP contribution >= 0.6 is 23.1 Å². The highest BCUT2D eigenvalue weighted by molar-refractivity contribution is 7.99. The highest BCUT2D eigenvalue weighted by atomic mass is 32.2. The van der Waals surface area contributed by atoms with Crippen LogP contribution in [-0.2, 0) is 4.79 Å². The van der Waals surface area contributed by atoms with Crippen LogP contribution in [0.15, 0.2) is 115 Å². The van der Waals surface area contributed by atoms with Crippen molar-refractivity contribution in [3.05, 3.63) is 153 Å². The molecule has 1 aliphatic heterocycles. The summed E-state index contributed by atoms with van der Waals surface area (Å²) in [5, 5.41) is 15.0. The van der Waals surface area contributed by atoms with Crippen LogP contribution in [0.25, 0.3) is 6.08 Å². The largest absolute Gasteiger partial charge is 0.322 e. The van der Waals surface area contributed by atoms with E-state index in [1.807, 2.05) is 42.5 Å². The Balaban J connectivity index is 1.51. The zero-order valence-electron chi connectivity index (χ0n) is 26.4. The molecule has 1 atom stereocenters. The van der Waals surface area contributed by atoms with E-state index in [1.54, 1.807) is 38.1 Å². The maximum Gasteiger partial charge on any atom is 0.271 e. The fraction of sp³-hybridized carbons (Fsp3) is 0.171. The number of nitro benzene ring substituents is 1. The Labute approximate surface area is 282 Å². The molecule has 1 amide bonds. The number of para-hydroxylation sites is 1. The Morgan fingerprint density at radius 3 is 2.46 bits per heavy atom. The van der Waals surface area contributed by atoms with Gasteiger partial charge in [-0.2, -0.15) is 0 Å². The number of thiazole rings is 1. The first-order chi connectivity index (χ1) is 23.0. The van der Waals surface area contributed by atoms with Crippen molar-refractivity contribution in [1.29, 1.82) is 0 Å². The third-order valence-corrected chi connectivity index (χ3v) is 9.72. The lowest BCUT2D eigenvalue weighted by molar-refractivity contribution is -0.384. The van der Waals surface area contributed by atoms with Gasteiger partial charge in [0.2, 0.25) is 0 Å². The Morgan fingerprint density at radius 2 is 1.79 bits per heavy atom. The number of allylic oxidation sites excluding steroid dienone is 1. The average molecular weight is 679 g/mol. The lowest BCUT2D eigenvalue weighted by atomic mass is 9.93. The van der Waals surface area contributed by atoms with Crippen LogP contribution in [0.2, 0.25) is 0 Å². The lowest BCUT2D eigenvalue weighted by Gasteiger charge is -2.25. The van der Waals surface area contributed by atoms with Crippen molar-refractivity contribution in [3.8, 4) is 0 Å². The van der Waals surface area contributed by atoms with Gasteiger partial charge in [-0.3, -0.25) is 29.1 Å². The van der Waals surface area contributed by atoms with Crippen molar-refractivity contribution in [3.63, 3.8) is 0 Å². The topological polar surface area (TPSA) is 152 Å². The minimum atomic E-state index is -0.783. The average Bonchev–Trinajstić information content (AvgIpc) is 3.34. The van der Waals surface area contributed by atoms with Crippen LogP contribution in [0.5, 0.6) is 0 Å². The zero-order valence-corrected chi connectivity index (χ0v) is 28.0. The van der Waals surface area contributed by atoms with E-state index < -0.39 is 16.5 Å². The number of amides is 1. The van der Waals surface area contributed by atoms with Gasteiger partial charge in [-0.1, -0.05) is 79.4 Å². The number of hydrogen-bond acceptors (Lipinski definition) is 9. The number of hydrogen-bond donors (Lipinski definition) is 2. The van der Waals surface area contributed by atoms with E-state index in [-0.39, 0.29) is 27.6 Å². The van der Waals surface area contributed by atoms with E-state index in [9.17, 15) is 24.5 Å². The van der Waals surface area contributed by atoms with Gasteiger partial charge in [-0.15, -0.1) is 0 Å². The fourth-order valence-electron chi connectivity index (χ4n) is 5.41. The lowest BCUT2D eigenvalue weighted by Crippen LogP contribution is -2.40. The highest BCUT2D eigenvalue weighted by Gasteiger charge is 2.32. The van der Waals surface area contributed by atoms with Crippen molar-refractivity contribution in [2.24, 2.45) is 4.99 Å². The predicted octanol–water partition coefficient (Wildman–Crippen LogP) is 5.45. The van der Waals surface area contributed by atoms with Crippen LogP contribution in [0, 0.1) is 17.0 Å². The van der Waals surface area contributed by atoms with Crippen LogP contribution in [0.3, 0.4) is 0 Å². The van der Waals surface area contributed by atoms with Gasteiger partial charge in [0.05, 0.1) is 26.8 Å². The SMILES string of the molecule is CC1=C(C(=O)Nc2ccccc2)[C@@H](c2ccc(C(C)C)cc2)n2c(s/c(=C/c3cc([N+](=O)[O-])ccc3Sc3nc(C)cc(=O)[nH]3)c2=O)=N1. The Morgan fingerprint density at radius 1 is 1.06 bits per heavy atom. The van der Waals surface area contributed by atoms with Gasteiger partial charge < -0.3 is 10.3 Å². The Hall–Kier alpha value is -5.40. The van der Waals surface area contributed by atoms with E-state index in [1.165, 1.54) is 22.8 Å². The smallest absolute Gasteiger partial charge is 0.271 e. The van der Waals surface area contributed by atoms with Gasteiger partial charge in [0.25, 0.3) is 22.7 Å². The minimum absolute atomic E-state index is 0.164. The van der Waals surface area contributed by atoms with Gasteiger partial charge >= 0.3 is 0 Å². The molecule has 0 radical (unpaired) electrons. The number of anilines is 1. The Bertz CT molecular complexity index is 2340. The molecule has 3 heterocycles.